The molecule has 5 nitrogen and oxygen atoms in total. The number of rotatable bonds is 3. The maximum Gasteiger partial charge on any atom is 0.257 e. The van der Waals surface area contributed by atoms with E-state index in [9.17, 15) is 9.59 Å². The maximum absolute atomic E-state index is 12.2. The molecule has 5 heteroatoms. The average Bonchev–Trinajstić information content (AvgIpc) is 2.45. The fraction of sp³-hybridized carbons (Fsp3) is 0.353. The van der Waals surface area contributed by atoms with E-state index in [1.54, 1.807) is 20.8 Å². The van der Waals surface area contributed by atoms with E-state index in [-0.39, 0.29) is 18.0 Å². The van der Waals surface area contributed by atoms with Crippen molar-refractivity contribution < 1.29 is 4.79 Å². The van der Waals surface area contributed by atoms with Gasteiger partial charge < -0.3 is 5.32 Å². The number of hydrogen-bond acceptors (Lipinski definition) is 3. The Morgan fingerprint density at radius 1 is 1.14 bits per heavy atom. The molecule has 0 unspecified atom stereocenters. The third-order valence-electron chi connectivity index (χ3n) is 3.92. The van der Waals surface area contributed by atoms with Gasteiger partial charge in [-0.3, -0.25) is 14.2 Å². The second kappa shape index (κ2) is 6.13. The summed E-state index contributed by atoms with van der Waals surface area (Å²) < 4.78 is 1.40. The molecule has 22 heavy (non-hydrogen) atoms. The number of anilines is 1. The molecule has 0 aliphatic heterocycles. The Bertz CT molecular complexity index is 791. The van der Waals surface area contributed by atoms with Crippen LogP contribution in [0.4, 0.5) is 5.69 Å². The average molecular weight is 299 g/mol. The Labute approximate surface area is 130 Å². The molecule has 0 radical (unpaired) electrons. The van der Waals surface area contributed by atoms with Gasteiger partial charge in [0.1, 0.15) is 12.4 Å². The molecular weight excluding hydrogens is 278 g/mol. The highest BCUT2D eigenvalue weighted by Gasteiger charge is 2.12. The van der Waals surface area contributed by atoms with Crippen LogP contribution in [0, 0.1) is 34.6 Å². The van der Waals surface area contributed by atoms with E-state index in [1.807, 2.05) is 32.0 Å². The summed E-state index contributed by atoms with van der Waals surface area (Å²) in [5, 5.41) is 2.82. The van der Waals surface area contributed by atoms with Crippen molar-refractivity contribution in [2.75, 3.05) is 5.32 Å². The van der Waals surface area contributed by atoms with Crippen molar-refractivity contribution in [1.82, 2.24) is 9.55 Å². The molecule has 1 amide bonds. The molecule has 116 valence electrons. The van der Waals surface area contributed by atoms with Gasteiger partial charge in [0.15, 0.2) is 0 Å². The molecule has 1 heterocycles. The first-order valence-electron chi connectivity index (χ1n) is 7.21. The second-order valence-corrected chi connectivity index (χ2v) is 5.61. The van der Waals surface area contributed by atoms with E-state index >= 15 is 0 Å². The van der Waals surface area contributed by atoms with Crippen LogP contribution in [-0.4, -0.2) is 15.5 Å². The number of aromatic nitrogens is 2. The van der Waals surface area contributed by atoms with Crippen molar-refractivity contribution in [3.8, 4) is 0 Å². The van der Waals surface area contributed by atoms with Crippen molar-refractivity contribution in [1.29, 1.82) is 0 Å². The van der Waals surface area contributed by atoms with E-state index in [0.29, 0.717) is 17.1 Å². The number of carbonyl (C=O) groups is 1. The third-order valence-corrected chi connectivity index (χ3v) is 3.92. The van der Waals surface area contributed by atoms with Crippen LogP contribution in [0.3, 0.4) is 0 Å². The SMILES string of the molecule is Cc1ccc(NC(=O)Cn2c(C)nc(C)c(C)c2=O)cc1C. The van der Waals surface area contributed by atoms with E-state index in [1.165, 1.54) is 10.1 Å². The van der Waals surface area contributed by atoms with Gasteiger partial charge in [-0.05, 0) is 57.9 Å². The lowest BCUT2D eigenvalue weighted by Gasteiger charge is -2.12. The van der Waals surface area contributed by atoms with Crippen molar-refractivity contribution >= 4 is 11.6 Å². The lowest BCUT2D eigenvalue weighted by molar-refractivity contribution is -0.116. The van der Waals surface area contributed by atoms with E-state index in [4.69, 9.17) is 0 Å². The number of carbonyl (C=O) groups excluding carboxylic acids is 1. The van der Waals surface area contributed by atoms with E-state index < -0.39 is 0 Å². The van der Waals surface area contributed by atoms with Crippen LogP contribution < -0.4 is 10.9 Å². The van der Waals surface area contributed by atoms with Gasteiger partial charge in [-0.15, -0.1) is 0 Å². The minimum Gasteiger partial charge on any atom is -0.325 e. The quantitative estimate of drug-likeness (QED) is 0.946. The standard InChI is InChI=1S/C17H21N3O2/c1-10-6-7-15(8-11(10)2)19-16(21)9-20-14(5)18-13(4)12(3)17(20)22/h6-8H,9H2,1-5H3,(H,19,21). The van der Waals surface area contributed by atoms with Crippen molar-refractivity contribution in [2.45, 2.75) is 41.2 Å². The van der Waals surface area contributed by atoms with Gasteiger partial charge in [-0.1, -0.05) is 6.07 Å². The molecule has 0 saturated heterocycles. The molecule has 0 spiro atoms. The predicted octanol–water partition coefficient (Wildman–Crippen LogP) is 2.42. The van der Waals surface area contributed by atoms with Crippen molar-refractivity contribution in [3.05, 3.63) is 56.8 Å². The fourth-order valence-corrected chi connectivity index (χ4v) is 2.24. The Hall–Kier alpha value is -2.43. The van der Waals surface area contributed by atoms with Gasteiger partial charge in [0, 0.05) is 16.9 Å². The largest absolute Gasteiger partial charge is 0.325 e. The molecule has 2 aromatic rings. The van der Waals surface area contributed by atoms with Gasteiger partial charge in [-0.25, -0.2) is 4.98 Å². The Kier molecular flexibility index (Phi) is 4.45. The first kappa shape index (κ1) is 15.9. The zero-order valence-corrected chi connectivity index (χ0v) is 13.7. The zero-order chi connectivity index (χ0) is 16.4. The van der Waals surface area contributed by atoms with Gasteiger partial charge in [0.25, 0.3) is 5.56 Å². The fourth-order valence-electron chi connectivity index (χ4n) is 2.24. The molecule has 0 atom stereocenters. The Balaban J connectivity index is 2.21. The predicted molar refractivity (Wildman–Crippen MR) is 87.3 cm³/mol. The number of nitrogens with zero attached hydrogens (tertiary/aromatic N) is 2. The van der Waals surface area contributed by atoms with Gasteiger partial charge in [0.05, 0.1) is 0 Å². The molecule has 0 aliphatic rings. The molecule has 0 saturated carbocycles. The summed E-state index contributed by atoms with van der Waals surface area (Å²) in [4.78, 5) is 28.7. The first-order valence-corrected chi connectivity index (χ1v) is 7.21. The van der Waals surface area contributed by atoms with Crippen LogP contribution in [0.5, 0.6) is 0 Å². The summed E-state index contributed by atoms with van der Waals surface area (Å²) in [7, 11) is 0. The lowest BCUT2D eigenvalue weighted by Crippen LogP contribution is -2.32. The first-order chi connectivity index (χ1) is 10.3. The molecule has 1 aromatic carbocycles. The Morgan fingerprint density at radius 3 is 2.45 bits per heavy atom. The summed E-state index contributed by atoms with van der Waals surface area (Å²) in [6, 6.07) is 5.73. The molecule has 2 rings (SSSR count). The number of nitrogens with one attached hydrogen (secondary N) is 1. The summed E-state index contributed by atoms with van der Waals surface area (Å²) >= 11 is 0. The molecule has 1 N–H and O–H groups in total. The summed E-state index contributed by atoms with van der Waals surface area (Å²) in [5.74, 6) is 0.307. The number of benzene rings is 1. The Morgan fingerprint density at radius 2 is 1.82 bits per heavy atom. The van der Waals surface area contributed by atoms with Gasteiger partial charge in [-0.2, -0.15) is 0 Å². The minimum absolute atomic E-state index is 0.0360. The van der Waals surface area contributed by atoms with E-state index in [2.05, 4.69) is 10.3 Å². The van der Waals surface area contributed by atoms with Gasteiger partial charge in [0.2, 0.25) is 5.91 Å². The number of amides is 1. The van der Waals surface area contributed by atoms with Gasteiger partial charge >= 0.3 is 0 Å². The zero-order valence-electron chi connectivity index (χ0n) is 13.7. The molecule has 1 aromatic heterocycles. The van der Waals surface area contributed by atoms with E-state index in [0.717, 1.165) is 11.3 Å². The third kappa shape index (κ3) is 3.24. The van der Waals surface area contributed by atoms with Crippen molar-refractivity contribution in [2.24, 2.45) is 0 Å². The van der Waals surface area contributed by atoms with Crippen LogP contribution in [-0.2, 0) is 11.3 Å². The van der Waals surface area contributed by atoms with Crippen LogP contribution in [0.15, 0.2) is 23.0 Å². The summed E-state index contributed by atoms with van der Waals surface area (Å²) in [6.45, 7) is 9.23. The monoisotopic (exact) mass is 299 g/mol. The smallest absolute Gasteiger partial charge is 0.257 e. The molecule has 0 aliphatic carbocycles. The highest BCUT2D eigenvalue weighted by Crippen LogP contribution is 2.14. The van der Waals surface area contributed by atoms with Crippen LogP contribution in [0.25, 0.3) is 0 Å². The van der Waals surface area contributed by atoms with Crippen LogP contribution in [0.1, 0.15) is 28.2 Å². The number of hydrogen-bond donors (Lipinski definition) is 1. The minimum atomic E-state index is -0.237. The van der Waals surface area contributed by atoms with Crippen molar-refractivity contribution in [3.63, 3.8) is 0 Å². The maximum atomic E-state index is 12.2. The molecular formula is C17H21N3O2. The molecule has 0 fully saturated rings. The normalized spacial score (nSPS) is 10.6. The highest BCUT2D eigenvalue weighted by molar-refractivity contribution is 5.90. The highest BCUT2D eigenvalue weighted by atomic mass is 16.2. The van der Waals surface area contributed by atoms with Crippen LogP contribution in [0.2, 0.25) is 0 Å². The summed E-state index contributed by atoms with van der Waals surface area (Å²) in [5.41, 5.74) is 4.12. The summed E-state index contributed by atoms with van der Waals surface area (Å²) in [6.07, 6.45) is 0. The van der Waals surface area contributed by atoms with Crippen LogP contribution >= 0.6 is 0 Å². The topological polar surface area (TPSA) is 64.0 Å². The molecule has 0 bridgehead atoms. The second-order valence-electron chi connectivity index (χ2n) is 5.61. The lowest BCUT2D eigenvalue weighted by atomic mass is 10.1. The number of aryl methyl sites for hydroxylation is 4.